The van der Waals surface area contributed by atoms with Gasteiger partial charge in [-0.15, -0.1) is 0 Å². The molecule has 0 unspecified atom stereocenters. The molecule has 0 aromatic carbocycles. The van der Waals surface area contributed by atoms with Gasteiger partial charge in [0.15, 0.2) is 5.82 Å². The monoisotopic (exact) mass is 164 g/mol. The Bertz CT molecular complexity index is 409. The predicted molar refractivity (Wildman–Crippen MR) is 44.9 cm³/mol. The number of rotatable bonds is 1. The molecule has 0 aliphatic rings. The van der Waals surface area contributed by atoms with E-state index in [1.54, 1.807) is 19.4 Å². The Morgan fingerprint density at radius 3 is 3.17 bits per heavy atom. The number of nitrogens with zero attached hydrogens (tertiary/aromatic N) is 2. The lowest BCUT2D eigenvalue weighted by Gasteiger charge is -1.96. The smallest absolute Gasteiger partial charge is 0.171 e. The molecule has 0 fully saturated rings. The van der Waals surface area contributed by atoms with E-state index >= 15 is 0 Å². The summed E-state index contributed by atoms with van der Waals surface area (Å²) in [5, 5.41) is 6.55. The second kappa shape index (κ2) is 2.37. The summed E-state index contributed by atoms with van der Waals surface area (Å²) in [6.45, 7) is 0. The largest absolute Gasteiger partial charge is 0.495 e. The fraction of sp³-hybridized carbons (Fsp3) is 0.143. The van der Waals surface area contributed by atoms with Crippen molar-refractivity contribution in [2.24, 2.45) is 0 Å². The first kappa shape index (κ1) is 6.90. The minimum Gasteiger partial charge on any atom is -0.495 e. The number of aromatic amines is 1. The van der Waals surface area contributed by atoms with E-state index in [1.165, 1.54) is 0 Å². The number of ether oxygens (including phenoxy) is 1. The lowest BCUT2D eigenvalue weighted by molar-refractivity contribution is 0.413. The fourth-order valence-corrected chi connectivity index (χ4v) is 1.02. The molecule has 2 heterocycles. The molecule has 0 spiro atoms. The molecule has 0 aliphatic heterocycles. The van der Waals surface area contributed by atoms with Crippen molar-refractivity contribution in [3.05, 3.63) is 12.3 Å². The van der Waals surface area contributed by atoms with Crippen LogP contribution in [0.2, 0.25) is 0 Å². The number of hydrogen-bond donors (Lipinski definition) is 2. The summed E-state index contributed by atoms with van der Waals surface area (Å²) in [5.74, 6) is 1.10. The van der Waals surface area contributed by atoms with Gasteiger partial charge in [-0.2, -0.15) is 5.10 Å². The summed E-state index contributed by atoms with van der Waals surface area (Å²) in [5.41, 5.74) is 6.98. The molecule has 0 aliphatic carbocycles. The van der Waals surface area contributed by atoms with Crippen molar-refractivity contribution in [2.75, 3.05) is 12.8 Å². The van der Waals surface area contributed by atoms with Crippen LogP contribution in [0.25, 0.3) is 11.0 Å². The summed E-state index contributed by atoms with van der Waals surface area (Å²) < 4.78 is 4.98. The lowest BCUT2D eigenvalue weighted by Crippen LogP contribution is -1.87. The maximum atomic E-state index is 5.52. The van der Waals surface area contributed by atoms with E-state index in [0.717, 1.165) is 5.52 Å². The van der Waals surface area contributed by atoms with Crippen LogP contribution in [0.5, 0.6) is 5.75 Å². The fourth-order valence-electron chi connectivity index (χ4n) is 1.02. The van der Waals surface area contributed by atoms with Gasteiger partial charge in [-0.3, -0.25) is 5.10 Å². The first-order chi connectivity index (χ1) is 5.81. The molecule has 5 heteroatoms. The zero-order valence-corrected chi connectivity index (χ0v) is 6.53. The van der Waals surface area contributed by atoms with Gasteiger partial charge in [-0.25, -0.2) is 4.98 Å². The minimum absolute atomic E-state index is 0.410. The Hall–Kier alpha value is -1.78. The van der Waals surface area contributed by atoms with E-state index < -0.39 is 0 Å². The topological polar surface area (TPSA) is 76.8 Å². The number of methoxy groups -OCH3 is 1. The van der Waals surface area contributed by atoms with Gasteiger partial charge in [0.2, 0.25) is 0 Å². The number of anilines is 1. The lowest BCUT2D eigenvalue weighted by atomic mass is 10.3. The zero-order valence-electron chi connectivity index (χ0n) is 6.53. The van der Waals surface area contributed by atoms with Crippen molar-refractivity contribution < 1.29 is 4.74 Å². The third-order valence-electron chi connectivity index (χ3n) is 1.64. The van der Waals surface area contributed by atoms with E-state index in [0.29, 0.717) is 17.1 Å². The zero-order chi connectivity index (χ0) is 8.55. The van der Waals surface area contributed by atoms with Crippen LogP contribution in [-0.4, -0.2) is 22.3 Å². The van der Waals surface area contributed by atoms with Crippen LogP contribution in [-0.2, 0) is 0 Å². The van der Waals surface area contributed by atoms with Crippen LogP contribution in [0.15, 0.2) is 12.3 Å². The Labute approximate surface area is 68.5 Å². The molecule has 12 heavy (non-hydrogen) atoms. The molecule has 0 saturated carbocycles. The van der Waals surface area contributed by atoms with Gasteiger partial charge in [0.05, 0.1) is 18.8 Å². The average Bonchev–Trinajstić information content (AvgIpc) is 2.47. The van der Waals surface area contributed by atoms with E-state index in [4.69, 9.17) is 10.5 Å². The molecule has 0 amide bonds. The van der Waals surface area contributed by atoms with Gasteiger partial charge in [0.25, 0.3) is 0 Å². The molecule has 0 saturated heterocycles. The summed E-state index contributed by atoms with van der Waals surface area (Å²) in [6.07, 6.45) is 1.61. The molecular weight excluding hydrogens is 156 g/mol. The average molecular weight is 164 g/mol. The number of nitrogen functional groups attached to an aromatic ring is 1. The quantitative estimate of drug-likeness (QED) is 0.645. The van der Waals surface area contributed by atoms with Gasteiger partial charge in [-0.05, 0) is 0 Å². The first-order valence-electron chi connectivity index (χ1n) is 3.45. The highest BCUT2D eigenvalue weighted by Crippen LogP contribution is 2.19. The maximum Gasteiger partial charge on any atom is 0.171 e. The minimum atomic E-state index is 0.410. The van der Waals surface area contributed by atoms with Crippen molar-refractivity contribution in [3.63, 3.8) is 0 Å². The molecule has 2 rings (SSSR count). The predicted octanol–water partition coefficient (Wildman–Crippen LogP) is 0.549. The third kappa shape index (κ3) is 0.868. The highest BCUT2D eigenvalue weighted by Gasteiger charge is 2.03. The number of aromatic nitrogens is 3. The molecule has 5 nitrogen and oxygen atoms in total. The van der Waals surface area contributed by atoms with Crippen molar-refractivity contribution >= 4 is 16.9 Å². The second-order valence-electron chi connectivity index (χ2n) is 2.38. The Kier molecular flexibility index (Phi) is 1.36. The summed E-state index contributed by atoms with van der Waals surface area (Å²) in [6, 6.07) is 1.80. The third-order valence-corrected chi connectivity index (χ3v) is 1.64. The van der Waals surface area contributed by atoms with Crippen molar-refractivity contribution in [3.8, 4) is 5.75 Å². The van der Waals surface area contributed by atoms with Gasteiger partial charge in [-0.1, -0.05) is 0 Å². The molecule has 2 aromatic heterocycles. The van der Waals surface area contributed by atoms with Gasteiger partial charge in [0.1, 0.15) is 11.3 Å². The van der Waals surface area contributed by atoms with E-state index in [-0.39, 0.29) is 0 Å². The summed E-state index contributed by atoms with van der Waals surface area (Å²) in [7, 11) is 1.59. The number of hydrogen-bond acceptors (Lipinski definition) is 4. The van der Waals surface area contributed by atoms with E-state index in [2.05, 4.69) is 15.2 Å². The van der Waals surface area contributed by atoms with Crippen molar-refractivity contribution in [1.29, 1.82) is 0 Å². The van der Waals surface area contributed by atoms with E-state index in [9.17, 15) is 0 Å². The number of H-pyrrole nitrogens is 1. The van der Waals surface area contributed by atoms with Crippen LogP contribution in [0.3, 0.4) is 0 Å². The van der Waals surface area contributed by atoms with Gasteiger partial charge in [0, 0.05) is 6.07 Å². The van der Waals surface area contributed by atoms with Crippen LogP contribution < -0.4 is 10.5 Å². The standard InChI is InChI=1S/C7H8N4O/c1-12-4-2-5-6(9-3-4)7(8)11-10-5/h2-3H,1H3,(H3,8,10,11). The second-order valence-corrected chi connectivity index (χ2v) is 2.38. The molecule has 2 aromatic rings. The number of nitrogens with two attached hydrogens (primary N) is 1. The first-order valence-corrected chi connectivity index (χ1v) is 3.45. The van der Waals surface area contributed by atoms with Crippen molar-refractivity contribution in [2.45, 2.75) is 0 Å². The Morgan fingerprint density at radius 2 is 2.42 bits per heavy atom. The summed E-state index contributed by atoms with van der Waals surface area (Å²) in [4.78, 5) is 4.07. The molecule has 0 bridgehead atoms. The van der Waals surface area contributed by atoms with Gasteiger partial charge >= 0.3 is 0 Å². The Balaban J connectivity index is 2.69. The SMILES string of the molecule is COc1cnc2c(N)n[nH]c2c1. The molecule has 62 valence electrons. The van der Waals surface area contributed by atoms with Crippen LogP contribution in [0.4, 0.5) is 5.82 Å². The normalized spacial score (nSPS) is 10.4. The van der Waals surface area contributed by atoms with Crippen LogP contribution in [0.1, 0.15) is 0 Å². The number of pyridine rings is 1. The molecule has 3 N–H and O–H groups in total. The molecular formula is C7H8N4O. The maximum absolute atomic E-state index is 5.52. The summed E-state index contributed by atoms with van der Waals surface area (Å²) >= 11 is 0. The van der Waals surface area contributed by atoms with E-state index in [1.807, 2.05) is 0 Å². The molecule has 0 radical (unpaired) electrons. The van der Waals surface area contributed by atoms with Crippen molar-refractivity contribution in [1.82, 2.24) is 15.2 Å². The number of nitrogens with one attached hydrogen (secondary N) is 1. The highest BCUT2D eigenvalue weighted by molar-refractivity contribution is 5.84. The number of fused-ring (bicyclic) bond motifs is 1. The highest BCUT2D eigenvalue weighted by atomic mass is 16.5. The van der Waals surface area contributed by atoms with Crippen LogP contribution >= 0.6 is 0 Å². The molecule has 0 atom stereocenters. The van der Waals surface area contributed by atoms with Crippen LogP contribution in [0, 0.1) is 0 Å². The van der Waals surface area contributed by atoms with Gasteiger partial charge < -0.3 is 10.5 Å². The Morgan fingerprint density at radius 1 is 1.58 bits per heavy atom.